The van der Waals surface area contributed by atoms with Crippen LogP contribution in [-0.4, -0.2) is 5.11 Å². The van der Waals surface area contributed by atoms with Gasteiger partial charge in [0, 0.05) is 0 Å². The number of hydrogen-bond acceptors (Lipinski definition) is 1. The predicted molar refractivity (Wildman–Crippen MR) is 79.3 cm³/mol. The number of rotatable bonds is 7. The van der Waals surface area contributed by atoms with Crippen LogP contribution < -0.4 is 0 Å². The molecule has 0 radical (unpaired) electrons. The molecule has 1 aromatic rings. The summed E-state index contributed by atoms with van der Waals surface area (Å²) in [7, 11) is 0. The highest BCUT2D eigenvalue weighted by Gasteiger charge is 2.15. The van der Waals surface area contributed by atoms with E-state index in [1.165, 1.54) is 19.3 Å². The molecule has 0 aliphatic carbocycles. The standard InChI is InChI=1S/C15H22Cl2O/c1-3-5-6-11(4-2)9-15(18)12-7-8-13(16)14(17)10-12/h7-8,10-11,15,18H,3-6,9H2,1-2H3. The molecule has 0 heterocycles. The number of benzene rings is 1. The average molecular weight is 289 g/mol. The van der Waals surface area contributed by atoms with Crippen molar-refractivity contribution in [3.8, 4) is 0 Å². The summed E-state index contributed by atoms with van der Waals surface area (Å²) < 4.78 is 0. The molecule has 0 saturated heterocycles. The smallest absolute Gasteiger partial charge is 0.0793 e. The lowest BCUT2D eigenvalue weighted by molar-refractivity contribution is 0.139. The van der Waals surface area contributed by atoms with Gasteiger partial charge in [0.15, 0.2) is 0 Å². The van der Waals surface area contributed by atoms with Crippen LogP contribution >= 0.6 is 23.2 Å². The molecule has 0 aromatic heterocycles. The van der Waals surface area contributed by atoms with Crippen LogP contribution in [0.15, 0.2) is 18.2 Å². The predicted octanol–water partition coefficient (Wildman–Crippen LogP) is 5.63. The van der Waals surface area contributed by atoms with Crippen molar-refractivity contribution < 1.29 is 5.11 Å². The summed E-state index contributed by atoms with van der Waals surface area (Å²) in [6.45, 7) is 4.38. The molecule has 102 valence electrons. The average Bonchev–Trinajstić information content (AvgIpc) is 2.37. The minimum Gasteiger partial charge on any atom is -0.388 e. The van der Waals surface area contributed by atoms with E-state index in [0.717, 1.165) is 18.4 Å². The van der Waals surface area contributed by atoms with Gasteiger partial charge in [0.1, 0.15) is 0 Å². The molecule has 1 rings (SSSR count). The van der Waals surface area contributed by atoms with Gasteiger partial charge in [0.05, 0.1) is 16.1 Å². The minimum absolute atomic E-state index is 0.443. The Morgan fingerprint density at radius 1 is 1.17 bits per heavy atom. The molecule has 0 aliphatic heterocycles. The van der Waals surface area contributed by atoms with Crippen LogP contribution in [0.3, 0.4) is 0 Å². The lowest BCUT2D eigenvalue weighted by Gasteiger charge is -2.19. The van der Waals surface area contributed by atoms with E-state index in [1.54, 1.807) is 12.1 Å². The molecule has 1 nitrogen and oxygen atoms in total. The second-order valence-electron chi connectivity index (χ2n) is 4.84. The van der Waals surface area contributed by atoms with Crippen molar-refractivity contribution in [1.82, 2.24) is 0 Å². The first-order valence-corrected chi connectivity index (χ1v) is 7.47. The first-order valence-electron chi connectivity index (χ1n) is 6.71. The maximum absolute atomic E-state index is 10.2. The molecule has 0 fully saturated rings. The third kappa shape index (κ3) is 4.79. The van der Waals surface area contributed by atoms with E-state index < -0.39 is 6.10 Å². The van der Waals surface area contributed by atoms with E-state index in [9.17, 15) is 5.11 Å². The molecule has 2 unspecified atom stereocenters. The lowest BCUT2D eigenvalue weighted by Crippen LogP contribution is -2.07. The normalized spacial score (nSPS) is 14.5. The summed E-state index contributed by atoms with van der Waals surface area (Å²) in [5.74, 6) is 0.578. The summed E-state index contributed by atoms with van der Waals surface area (Å²) in [5.41, 5.74) is 0.861. The van der Waals surface area contributed by atoms with Crippen LogP contribution in [0.25, 0.3) is 0 Å². The van der Waals surface area contributed by atoms with Crippen molar-refractivity contribution in [2.24, 2.45) is 5.92 Å². The molecule has 1 N–H and O–H groups in total. The highest BCUT2D eigenvalue weighted by atomic mass is 35.5. The van der Waals surface area contributed by atoms with E-state index in [1.807, 2.05) is 6.07 Å². The molecule has 1 aromatic carbocycles. The quantitative estimate of drug-likeness (QED) is 0.689. The van der Waals surface area contributed by atoms with Gasteiger partial charge in [-0.25, -0.2) is 0 Å². The van der Waals surface area contributed by atoms with Gasteiger partial charge in [0.25, 0.3) is 0 Å². The number of hydrogen-bond donors (Lipinski definition) is 1. The summed E-state index contributed by atoms with van der Waals surface area (Å²) in [6.07, 6.45) is 5.09. The number of halogens is 2. The van der Waals surface area contributed by atoms with Crippen LogP contribution in [-0.2, 0) is 0 Å². The van der Waals surface area contributed by atoms with Crippen LogP contribution in [0.5, 0.6) is 0 Å². The highest BCUT2D eigenvalue weighted by Crippen LogP contribution is 2.30. The maximum Gasteiger partial charge on any atom is 0.0793 e. The summed E-state index contributed by atoms with van der Waals surface area (Å²) in [4.78, 5) is 0. The fourth-order valence-corrected chi connectivity index (χ4v) is 2.46. The zero-order chi connectivity index (χ0) is 13.5. The largest absolute Gasteiger partial charge is 0.388 e. The topological polar surface area (TPSA) is 20.2 Å². The van der Waals surface area contributed by atoms with E-state index in [0.29, 0.717) is 16.0 Å². The molecule has 0 bridgehead atoms. The Morgan fingerprint density at radius 3 is 2.44 bits per heavy atom. The maximum atomic E-state index is 10.2. The van der Waals surface area contributed by atoms with Crippen molar-refractivity contribution in [1.29, 1.82) is 0 Å². The van der Waals surface area contributed by atoms with Crippen LogP contribution in [0.1, 0.15) is 57.6 Å². The Bertz CT molecular complexity index is 366. The molecule has 0 spiro atoms. The molecule has 18 heavy (non-hydrogen) atoms. The Labute approximate surface area is 120 Å². The molecular formula is C15H22Cl2O. The third-order valence-corrected chi connectivity index (χ3v) is 4.17. The van der Waals surface area contributed by atoms with Gasteiger partial charge in [-0.1, -0.05) is 68.8 Å². The van der Waals surface area contributed by atoms with Crippen LogP contribution in [0.2, 0.25) is 10.0 Å². The summed E-state index contributed by atoms with van der Waals surface area (Å²) in [5, 5.41) is 11.3. The number of aliphatic hydroxyl groups is 1. The van der Waals surface area contributed by atoms with Gasteiger partial charge in [-0.3, -0.25) is 0 Å². The molecule has 3 heteroatoms. The monoisotopic (exact) mass is 288 g/mol. The lowest BCUT2D eigenvalue weighted by atomic mass is 9.91. The van der Waals surface area contributed by atoms with Gasteiger partial charge >= 0.3 is 0 Å². The van der Waals surface area contributed by atoms with Crippen molar-refractivity contribution in [2.75, 3.05) is 0 Å². The van der Waals surface area contributed by atoms with E-state index in [2.05, 4.69) is 13.8 Å². The molecule has 2 atom stereocenters. The second-order valence-corrected chi connectivity index (χ2v) is 5.66. The van der Waals surface area contributed by atoms with Crippen molar-refractivity contribution in [3.05, 3.63) is 33.8 Å². The van der Waals surface area contributed by atoms with Gasteiger partial charge in [-0.2, -0.15) is 0 Å². The SMILES string of the molecule is CCCCC(CC)CC(O)c1ccc(Cl)c(Cl)c1. The zero-order valence-electron chi connectivity index (χ0n) is 11.1. The number of unbranched alkanes of at least 4 members (excludes halogenated alkanes) is 1. The molecule has 0 aliphatic rings. The fraction of sp³-hybridized carbons (Fsp3) is 0.600. The molecule has 0 amide bonds. The Morgan fingerprint density at radius 2 is 1.89 bits per heavy atom. The van der Waals surface area contributed by atoms with E-state index in [-0.39, 0.29) is 0 Å². The van der Waals surface area contributed by atoms with Crippen LogP contribution in [0, 0.1) is 5.92 Å². The first kappa shape index (κ1) is 15.8. The van der Waals surface area contributed by atoms with Gasteiger partial charge in [-0.15, -0.1) is 0 Å². The Kier molecular flexibility index (Phi) is 7.06. The Balaban J connectivity index is 2.62. The van der Waals surface area contributed by atoms with Gasteiger partial charge < -0.3 is 5.11 Å². The highest BCUT2D eigenvalue weighted by molar-refractivity contribution is 6.42. The van der Waals surface area contributed by atoms with Gasteiger partial charge in [-0.05, 0) is 30.0 Å². The minimum atomic E-state index is -0.443. The first-order chi connectivity index (χ1) is 8.58. The van der Waals surface area contributed by atoms with E-state index >= 15 is 0 Å². The summed E-state index contributed by atoms with van der Waals surface area (Å²) >= 11 is 11.8. The second kappa shape index (κ2) is 8.04. The Hall–Kier alpha value is -0.240. The summed E-state index contributed by atoms with van der Waals surface area (Å²) in [6, 6.07) is 5.36. The van der Waals surface area contributed by atoms with Gasteiger partial charge in [0.2, 0.25) is 0 Å². The molecule has 0 saturated carbocycles. The fourth-order valence-electron chi connectivity index (χ4n) is 2.15. The molecular weight excluding hydrogens is 267 g/mol. The van der Waals surface area contributed by atoms with E-state index in [4.69, 9.17) is 23.2 Å². The van der Waals surface area contributed by atoms with Crippen molar-refractivity contribution in [3.63, 3.8) is 0 Å². The zero-order valence-corrected chi connectivity index (χ0v) is 12.6. The van der Waals surface area contributed by atoms with Crippen molar-refractivity contribution >= 4 is 23.2 Å². The third-order valence-electron chi connectivity index (χ3n) is 3.43. The van der Waals surface area contributed by atoms with Crippen molar-refractivity contribution in [2.45, 2.75) is 52.1 Å². The van der Waals surface area contributed by atoms with Crippen LogP contribution in [0.4, 0.5) is 0 Å². The number of aliphatic hydroxyl groups excluding tert-OH is 1.